The normalized spacial score (nSPS) is 9.15. The SMILES string of the molecule is CONc1cccc(NC(C)=O)c1.Cc1ccccc1. The molecule has 0 atom stereocenters. The fourth-order valence-corrected chi connectivity index (χ4v) is 1.52. The highest BCUT2D eigenvalue weighted by molar-refractivity contribution is 5.89. The van der Waals surface area contributed by atoms with Crippen molar-refractivity contribution in [2.24, 2.45) is 0 Å². The van der Waals surface area contributed by atoms with Crippen molar-refractivity contribution in [3.8, 4) is 0 Å². The van der Waals surface area contributed by atoms with Gasteiger partial charge in [-0.1, -0.05) is 42.0 Å². The molecular weight excluding hydrogens is 252 g/mol. The van der Waals surface area contributed by atoms with Crippen molar-refractivity contribution in [1.29, 1.82) is 0 Å². The van der Waals surface area contributed by atoms with Gasteiger partial charge in [-0.15, -0.1) is 0 Å². The van der Waals surface area contributed by atoms with Crippen LogP contribution < -0.4 is 10.8 Å². The van der Waals surface area contributed by atoms with Gasteiger partial charge in [-0.3, -0.25) is 15.1 Å². The van der Waals surface area contributed by atoms with Crippen LogP contribution in [-0.4, -0.2) is 13.0 Å². The van der Waals surface area contributed by atoms with Gasteiger partial charge in [0.1, 0.15) is 0 Å². The van der Waals surface area contributed by atoms with Crippen molar-refractivity contribution in [3.05, 3.63) is 60.2 Å². The molecule has 0 radical (unpaired) electrons. The van der Waals surface area contributed by atoms with Crippen LogP contribution in [0.15, 0.2) is 54.6 Å². The number of carbonyl (C=O) groups excluding carboxylic acids is 1. The largest absolute Gasteiger partial charge is 0.326 e. The number of carbonyl (C=O) groups is 1. The molecule has 0 saturated heterocycles. The van der Waals surface area contributed by atoms with Crippen molar-refractivity contribution in [1.82, 2.24) is 0 Å². The molecule has 2 aromatic rings. The molecule has 0 spiro atoms. The topological polar surface area (TPSA) is 50.4 Å². The van der Waals surface area contributed by atoms with Crippen molar-refractivity contribution >= 4 is 17.3 Å². The number of nitrogens with one attached hydrogen (secondary N) is 2. The fourth-order valence-electron chi connectivity index (χ4n) is 1.52. The minimum Gasteiger partial charge on any atom is -0.326 e. The van der Waals surface area contributed by atoms with Crippen molar-refractivity contribution in [2.75, 3.05) is 17.9 Å². The van der Waals surface area contributed by atoms with Crippen LogP contribution in [0.5, 0.6) is 0 Å². The summed E-state index contributed by atoms with van der Waals surface area (Å²) in [5.74, 6) is -0.0884. The van der Waals surface area contributed by atoms with Crippen LogP contribution in [0.4, 0.5) is 11.4 Å². The van der Waals surface area contributed by atoms with E-state index in [0.29, 0.717) is 0 Å². The van der Waals surface area contributed by atoms with Crippen LogP contribution in [0, 0.1) is 6.92 Å². The van der Waals surface area contributed by atoms with Crippen molar-refractivity contribution < 1.29 is 9.63 Å². The van der Waals surface area contributed by atoms with Gasteiger partial charge in [0.25, 0.3) is 0 Å². The van der Waals surface area contributed by atoms with Crippen molar-refractivity contribution in [3.63, 3.8) is 0 Å². The Labute approximate surface area is 119 Å². The van der Waals surface area contributed by atoms with Gasteiger partial charge in [0.15, 0.2) is 0 Å². The second-order valence-electron chi connectivity index (χ2n) is 4.22. The number of anilines is 2. The van der Waals surface area contributed by atoms with Crippen LogP contribution in [0.3, 0.4) is 0 Å². The Hall–Kier alpha value is -2.33. The molecule has 106 valence electrons. The number of amides is 1. The first-order valence-electron chi connectivity index (χ1n) is 6.30. The Morgan fingerprint density at radius 2 is 1.65 bits per heavy atom. The van der Waals surface area contributed by atoms with Gasteiger partial charge in [-0.25, -0.2) is 0 Å². The zero-order valence-electron chi connectivity index (χ0n) is 12.0. The highest BCUT2D eigenvalue weighted by Crippen LogP contribution is 2.14. The third-order valence-corrected chi connectivity index (χ3v) is 2.34. The molecule has 0 aliphatic rings. The third kappa shape index (κ3) is 6.56. The average Bonchev–Trinajstić information content (AvgIpc) is 2.40. The molecule has 4 nitrogen and oxygen atoms in total. The first kappa shape index (κ1) is 15.7. The summed E-state index contributed by atoms with van der Waals surface area (Å²) in [4.78, 5) is 15.4. The van der Waals surface area contributed by atoms with Gasteiger partial charge in [0.05, 0.1) is 12.8 Å². The lowest BCUT2D eigenvalue weighted by Gasteiger charge is -2.05. The van der Waals surface area contributed by atoms with E-state index in [2.05, 4.69) is 29.9 Å². The lowest BCUT2D eigenvalue weighted by molar-refractivity contribution is -0.114. The molecular formula is C16H20N2O2. The predicted molar refractivity (Wildman–Crippen MR) is 82.6 cm³/mol. The number of hydrogen-bond donors (Lipinski definition) is 2. The van der Waals surface area contributed by atoms with E-state index in [4.69, 9.17) is 4.84 Å². The standard InChI is InChI=1S/C9H12N2O2.C7H8/c1-7(12)10-8-4-3-5-9(6-8)11-13-2;1-7-5-3-2-4-6-7/h3-6,11H,1-2H3,(H,10,12);2-6H,1H3. The molecule has 0 unspecified atom stereocenters. The molecule has 4 heteroatoms. The van der Waals surface area contributed by atoms with E-state index in [1.165, 1.54) is 19.6 Å². The minimum absolute atomic E-state index is 0.0884. The summed E-state index contributed by atoms with van der Waals surface area (Å²) in [5, 5.41) is 2.67. The van der Waals surface area contributed by atoms with Gasteiger partial charge in [0.2, 0.25) is 5.91 Å². The van der Waals surface area contributed by atoms with Crippen LogP contribution >= 0.6 is 0 Å². The number of aryl methyl sites for hydroxylation is 1. The van der Waals surface area contributed by atoms with E-state index in [-0.39, 0.29) is 5.91 Å². The lowest BCUT2D eigenvalue weighted by atomic mass is 10.2. The Balaban J connectivity index is 0.000000240. The summed E-state index contributed by atoms with van der Waals surface area (Å²) in [5.41, 5.74) is 5.54. The maximum Gasteiger partial charge on any atom is 0.221 e. The number of benzene rings is 2. The van der Waals surface area contributed by atoms with Gasteiger partial charge in [-0.05, 0) is 25.1 Å². The van der Waals surface area contributed by atoms with Gasteiger partial charge >= 0.3 is 0 Å². The first-order chi connectivity index (χ1) is 9.61. The Kier molecular flexibility index (Phi) is 6.85. The molecule has 0 heterocycles. The fraction of sp³-hybridized carbons (Fsp3) is 0.188. The zero-order chi connectivity index (χ0) is 14.8. The summed E-state index contributed by atoms with van der Waals surface area (Å²) in [6, 6.07) is 17.5. The Bertz CT molecular complexity index is 527. The van der Waals surface area contributed by atoms with Crippen LogP contribution in [-0.2, 0) is 9.63 Å². The monoisotopic (exact) mass is 272 g/mol. The van der Waals surface area contributed by atoms with Crippen LogP contribution in [0.2, 0.25) is 0 Å². The molecule has 2 N–H and O–H groups in total. The molecule has 0 aromatic heterocycles. The van der Waals surface area contributed by atoms with Crippen molar-refractivity contribution in [2.45, 2.75) is 13.8 Å². The van der Waals surface area contributed by atoms with Gasteiger partial charge in [-0.2, -0.15) is 0 Å². The molecule has 2 rings (SSSR count). The second kappa shape index (κ2) is 8.72. The maximum atomic E-state index is 10.7. The maximum absolute atomic E-state index is 10.7. The minimum atomic E-state index is -0.0884. The number of rotatable bonds is 3. The van der Waals surface area contributed by atoms with E-state index in [9.17, 15) is 4.79 Å². The summed E-state index contributed by atoms with van der Waals surface area (Å²) in [7, 11) is 1.53. The lowest BCUT2D eigenvalue weighted by Crippen LogP contribution is -2.06. The smallest absolute Gasteiger partial charge is 0.221 e. The molecule has 1 amide bonds. The van der Waals surface area contributed by atoms with E-state index in [1.54, 1.807) is 6.07 Å². The first-order valence-corrected chi connectivity index (χ1v) is 6.30. The summed E-state index contributed by atoms with van der Waals surface area (Å²) in [6.45, 7) is 3.55. The summed E-state index contributed by atoms with van der Waals surface area (Å²) >= 11 is 0. The zero-order valence-corrected chi connectivity index (χ0v) is 12.0. The Morgan fingerprint density at radius 1 is 1.00 bits per heavy atom. The summed E-state index contributed by atoms with van der Waals surface area (Å²) in [6.07, 6.45) is 0. The van der Waals surface area contributed by atoms with E-state index in [1.807, 2.05) is 36.4 Å². The predicted octanol–water partition coefficient (Wildman–Crippen LogP) is 3.61. The molecule has 2 aromatic carbocycles. The van der Waals surface area contributed by atoms with E-state index < -0.39 is 0 Å². The molecule has 0 aliphatic carbocycles. The Morgan fingerprint density at radius 3 is 2.15 bits per heavy atom. The third-order valence-electron chi connectivity index (χ3n) is 2.34. The van der Waals surface area contributed by atoms with E-state index >= 15 is 0 Å². The van der Waals surface area contributed by atoms with E-state index in [0.717, 1.165) is 11.4 Å². The molecule has 0 fully saturated rings. The molecule has 0 aliphatic heterocycles. The van der Waals surface area contributed by atoms with Gasteiger partial charge in [0, 0.05) is 12.6 Å². The van der Waals surface area contributed by atoms with Gasteiger partial charge < -0.3 is 5.32 Å². The second-order valence-corrected chi connectivity index (χ2v) is 4.22. The molecule has 20 heavy (non-hydrogen) atoms. The van der Waals surface area contributed by atoms with Crippen LogP contribution in [0.25, 0.3) is 0 Å². The quantitative estimate of drug-likeness (QED) is 0.839. The molecule has 0 bridgehead atoms. The van der Waals surface area contributed by atoms with Crippen LogP contribution in [0.1, 0.15) is 12.5 Å². The average molecular weight is 272 g/mol. The highest BCUT2D eigenvalue weighted by atomic mass is 16.6. The highest BCUT2D eigenvalue weighted by Gasteiger charge is 1.96. The molecule has 0 saturated carbocycles. The summed E-state index contributed by atoms with van der Waals surface area (Å²) < 4.78 is 0. The number of hydrogen-bond acceptors (Lipinski definition) is 3.